The molecule has 188 valence electrons. The van der Waals surface area contributed by atoms with Crippen LogP contribution < -0.4 is 19.3 Å². The van der Waals surface area contributed by atoms with E-state index in [1.165, 1.54) is 4.90 Å². The smallest absolute Gasteiger partial charge is 0.307 e. The lowest BCUT2D eigenvalue weighted by atomic mass is 9.94. The molecule has 2 heterocycles. The number of ketones is 1. The number of carbonyl (C=O) groups excluding carboxylic acids is 2. The molecule has 9 nitrogen and oxygen atoms in total. The molecule has 1 saturated heterocycles. The Kier molecular flexibility index (Phi) is 6.04. The first-order valence-electron chi connectivity index (χ1n) is 11.5. The quantitative estimate of drug-likeness (QED) is 0.299. The molecule has 1 atom stereocenters. The molecule has 0 saturated carbocycles. The van der Waals surface area contributed by atoms with Crippen LogP contribution in [0.25, 0.3) is 5.76 Å². The number of fused-ring (bicyclic) bond motifs is 1. The van der Waals surface area contributed by atoms with Gasteiger partial charge in [0, 0.05) is 31.0 Å². The third kappa shape index (κ3) is 4.35. The maximum atomic E-state index is 13.4. The zero-order valence-electron chi connectivity index (χ0n) is 20.2. The summed E-state index contributed by atoms with van der Waals surface area (Å²) < 4.78 is 10.7. The van der Waals surface area contributed by atoms with Crippen LogP contribution in [0.5, 0.6) is 11.5 Å². The molecular formula is C28H24N2O7. The van der Waals surface area contributed by atoms with Crippen molar-refractivity contribution in [2.45, 2.75) is 12.5 Å². The second-order valence-electron chi connectivity index (χ2n) is 8.96. The van der Waals surface area contributed by atoms with Gasteiger partial charge in [0.2, 0.25) is 6.79 Å². The lowest BCUT2D eigenvalue weighted by Gasteiger charge is -2.26. The van der Waals surface area contributed by atoms with Crippen molar-refractivity contribution < 1.29 is 34.1 Å². The van der Waals surface area contributed by atoms with Crippen molar-refractivity contribution in [2.24, 2.45) is 0 Å². The number of nitrogens with zero attached hydrogens (tertiary/aromatic N) is 2. The van der Waals surface area contributed by atoms with Crippen LogP contribution in [0.2, 0.25) is 0 Å². The van der Waals surface area contributed by atoms with E-state index in [0.717, 1.165) is 5.69 Å². The number of aliphatic carboxylic acids is 1. The van der Waals surface area contributed by atoms with Crippen LogP contribution in [0.1, 0.15) is 22.7 Å². The Morgan fingerprint density at radius 3 is 2.27 bits per heavy atom. The number of amides is 1. The Morgan fingerprint density at radius 2 is 1.62 bits per heavy atom. The number of anilines is 2. The first kappa shape index (κ1) is 23.9. The maximum Gasteiger partial charge on any atom is 0.307 e. The highest BCUT2D eigenvalue weighted by Crippen LogP contribution is 2.43. The van der Waals surface area contributed by atoms with Crippen LogP contribution in [0, 0.1) is 0 Å². The number of aliphatic hydroxyl groups is 1. The molecule has 0 spiro atoms. The van der Waals surface area contributed by atoms with Gasteiger partial charge < -0.3 is 24.6 Å². The van der Waals surface area contributed by atoms with Gasteiger partial charge in [-0.3, -0.25) is 19.3 Å². The first-order valence-corrected chi connectivity index (χ1v) is 11.5. The topological polar surface area (TPSA) is 117 Å². The number of ether oxygens (including phenoxy) is 2. The lowest BCUT2D eigenvalue weighted by Crippen LogP contribution is -2.29. The minimum atomic E-state index is -0.974. The lowest BCUT2D eigenvalue weighted by molar-refractivity contribution is -0.136. The average molecular weight is 501 g/mol. The summed E-state index contributed by atoms with van der Waals surface area (Å²) in [5, 5.41) is 20.4. The Labute approximate surface area is 212 Å². The van der Waals surface area contributed by atoms with Gasteiger partial charge in [0.05, 0.1) is 18.0 Å². The second kappa shape index (κ2) is 9.34. The zero-order chi connectivity index (χ0) is 26.3. The fraction of sp³-hybridized carbons (Fsp3) is 0.179. The summed E-state index contributed by atoms with van der Waals surface area (Å²) in [4.78, 5) is 41.0. The summed E-state index contributed by atoms with van der Waals surface area (Å²) in [6, 6.07) is 17.7. The van der Waals surface area contributed by atoms with Crippen molar-refractivity contribution in [1.29, 1.82) is 0 Å². The molecule has 2 N–H and O–H groups in total. The Bertz CT molecular complexity index is 1430. The predicted molar refractivity (Wildman–Crippen MR) is 136 cm³/mol. The molecule has 0 radical (unpaired) electrons. The van der Waals surface area contributed by atoms with Gasteiger partial charge in [0.25, 0.3) is 11.7 Å². The van der Waals surface area contributed by atoms with Gasteiger partial charge in [0.15, 0.2) is 11.5 Å². The number of carboxylic acid groups (broad SMARTS) is 1. The standard InChI is InChI=1S/C28H24N2O7/c1-29(2)19-10-5-17(6-11-19)25-24(26(33)18-7-12-21-22(14-18)37-15-36-21)27(34)28(35)30(25)20-8-3-16(4-9-20)13-23(31)32/h3-12,14,25,33H,13,15H2,1-2H3,(H,31,32)/b26-24-. The molecule has 0 bridgehead atoms. The normalized spacial score (nSPS) is 17.8. The van der Waals surface area contributed by atoms with Crippen LogP contribution in [-0.4, -0.2) is 48.8 Å². The van der Waals surface area contributed by atoms with E-state index in [4.69, 9.17) is 14.6 Å². The summed E-state index contributed by atoms with van der Waals surface area (Å²) in [5.74, 6) is -1.98. The van der Waals surface area contributed by atoms with Crippen LogP contribution in [0.3, 0.4) is 0 Å². The third-order valence-electron chi connectivity index (χ3n) is 6.39. The average Bonchev–Trinajstić information content (AvgIpc) is 3.46. The largest absolute Gasteiger partial charge is 0.507 e. The van der Waals surface area contributed by atoms with Crippen LogP contribution >= 0.6 is 0 Å². The highest BCUT2D eigenvalue weighted by molar-refractivity contribution is 6.51. The minimum Gasteiger partial charge on any atom is -0.507 e. The molecular weight excluding hydrogens is 476 g/mol. The fourth-order valence-corrected chi connectivity index (χ4v) is 4.52. The van der Waals surface area contributed by atoms with Gasteiger partial charge in [-0.2, -0.15) is 0 Å². The van der Waals surface area contributed by atoms with Gasteiger partial charge in [-0.05, 0) is 53.6 Å². The molecule has 9 heteroatoms. The van der Waals surface area contributed by atoms with Crippen LogP contribution in [0.4, 0.5) is 11.4 Å². The van der Waals surface area contributed by atoms with Crippen molar-refractivity contribution in [2.75, 3.05) is 30.7 Å². The summed E-state index contributed by atoms with van der Waals surface area (Å²) in [6.07, 6.45) is -0.168. The molecule has 0 aliphatic carbocycles. The summed E-state index contributed by atoms with van der Waals surface area (Å²) in [7, 11) is 3.80. The number of Topliss-reactive ketones (excluding diaryl/α,β-unsaturated/α-hetero) is 1. The summed E-state index contributed by atoms with van der Waals surface area (Å²) in [5.41, 5.74) is 2.77. The number of aliphatic hydroxyl groups excluding tert-OH is 1. The van der Waals surface area contributed by atoms with Gasteiger partial charge in [-0.15, -0.1) is 0 Å². The van der Waals surface area contributed by atoms with E-state index >= 15 is 0 Å². The molecule has 1 fully saturated rings. The Morgan fingerprint density at radius 1 is 0.946 bits per heavy atom. The monoisotopic (exact) mass is 500 g/mol. The van der Waals surface area contributed by atoms with Gasteiger partial charge in [-0.25, -0.2) is 0 Å². The summed E-state index contributed by atoms with van der Waals surface area (Å²) >= 11 is 0. The first-order chi connectivity index (χ1) is 17.7. The number of carboxylic acids is 1. The van der Waals surface area contributed by atoms with E-state index in [-0.39, 0.29) is 24.5 Å². The van der Waals surface area contributed by atoms with Crippen molar-refractivity contribution in [3.63, 3.8) is 0 Å². The Balaban J connectivity index is 1.64. The maximum absolute atomic E-state index is 13.4. The van der Waals surface area contributed by atoms with E-state index in [9.17, 15) is 19.5 Å². The van der Waals surface area contributed by atoms with Crippen LogP contribution in [-0.2, 0) is 20.8 Å². The highest BCUT2D eigenvalue weighted by Gasteiger charge is 2.47. The SMILES string of the molecule is CN(C)c1ccc(C2/C(=C(/O)c3ccc4c(c3)OCO4)C(=O)C(=O)N2c2ccc(CC(=O)O)cc2)cc1. The van der Waals surface area contributed by atoms with Crippen LogP contribution in [0.15, 0.2) is 72.3 Å². The van der Waals surface area contributed by atoms with Crippen molar-refractivity contribution >= 4 is 34.8 Å². The molecule has 0 aromatic heterocycles. The van der Waals surface area contributed by atoms with Crippen molar-refractivity contribution in [3.05, 3.63) is 89.0 Å². The summed E-state index contributed by atoms with van der Waals surface area (Å²) in [6.45, 7) is 0.0556. The second-order valence-corrected chi connectivity index (χ2v) is 8.96. The van der Waals surface area contributed by atoms with E-state index in [2.05, 4.69) is 0 Å². The van der Waals surface area contributed by atoms with E-state index < -0.39 is 23.7 Å². The number of rotatable bonds is 6. The molecule has 1 unspecified atom stereocenters. The number of carbonyl (C=O) groups is 3. The molecule has 2 aliphatic heterocycles. The van der Waals surface area contributed by atoms with Gasteiger partial charge >= 0.3 is 5.97 Å². The van der Waals surface area contributed by atoms with Crippen molar-refractivity contribution in [1.82, 2.24) is 0 Å². The molecule has 3 aromatic rings. The van der Waals surface area contributed by atoms with E-state index in [1.807, 2.05) is 43.3 Å². The molecule has 2 aliphatic rings. The molecule has 1 amide bonds. The van der Waals surface area contributed by atoms with Gasteiger partial charge in [-0.1, -0.05) is 24.3 Å². The zero-order valence-corrected chi connectivity index (χ0v) is 20.2. The fourth-order valence-electron chi connectivity index (χ4n) is 4.52. The highest BCUT2D eigenvalue weighted by atomic mass is 16.7. The number of hydrogen-bond acceptors (Lipinski definition) is 7. The number of hydrogen-bond donors (Lipinski definition) is 2. The molecule has 3 aromatic carbocycles. The Hall–Kier alpha value is -4.79. The van der Waals surface area contributed by atoms with E-state index in [1.54, 1.807) is 42.5 Å². The molecule has 5 rings (SSSR count). The molecule has 37 heavy (non-hydrogen) atoms. The van der Waals surface area contributed by atoms with Crippen molar-refractivity contribution in [3.8, 4) is 11.5 Å². The number of benzene rings is 3. The third-order valence-corrected chi connectivity index (χ3v) is 6.39. The predicted octanol–water partition coefficient (Wildman–Crippen LogP) is 3.73. The van der Waals surface area contributed by atoms with E-state index in [0.29, 0.717) is 33.9 Å². The van der Waals surface area contributed by atoms with Gasteiger partial charge in [0.1, 0.15) is 5.76 Å². The minimum absolute atomic E-state index is 0.0556.